The van der Waals surface area contributed by atoms with E-state index in [0.717, 1.165) is 13.1 Å². The number of morpholine rings is 1. The van der Waals surface area contributed by atoms with Crippen molar-refractivity contribution in [2.24, 2.45) is 5.92 Å². The third-order valence-electron chi connectivity index (χ3n) is 3.59. The molecule has 0 saturated carbocycles. The summed E-state index contributed by atoms with van der Waals surface area (Å²) in [6.45, 7) is 7.53. The molecule has 7 heteroatoms. The molecule has 0 aliphatic carbocycles. The van der Waals surface area contributed by atoms with Crippen LogP contribution >= 0.6 is 0 Å². The number of carbonyl (C=O) groups is 1. The third-order valence-corrected chi connectivity index (χ3v) is 3.59. The smallest absolute Gasteiger partial charge is 0.273 e. The first-order valence-corrected chi connectivity index (χ1v) is 7.27. The van der Waals surface area contributed by atoms with Gasteiger partial charge in [0, 0.05) is 19.2 Å². The lowest BCUT2D eigenvalue weighted by Crippen LogP contribution is -2.41. The molecule has 118 valence electrons. The van der Waals surface area contributed by atoms with Crippen LogP contribution < -0.4 is 5.32 Å². The van der Waals surface area contributed by atoms with E-state index in [4.69, 9.17) is 9.26 Å². The Balaban J connectivity index is 1.90. The highest BCUT2D eigenvalue weighted by molar-refractivity contribution is 5.92. The monoisotopic (exact) mass is 297 g/mol. The number of hydrogen-bond acceptors (Lipinski definition) is 6. The molecule has 0 bridgehead atoms. The van der Waals surface area contributed by atoms with Crippen molar-refractivity contribution in [3.63, 3.8) is 0 Å². The first-order valence-electron chi connectivity index (χ1n) is 7.27. The van der Waals surface area contributed by atoms with Crippen molar-refractivity contribution in [2.45, 2.75) is 26.4 Å². The van der Waals surface area contributed by atoms with E-state index in [1.807, 2.05) is 13.8 Å². The molecular formula is C14H23N3O4. The molecule has 2 heterocycles. The molecule has 2 N–H and O–H groups in total. The van der Waals surface area contributed by atoms with Gasteiger partial charge < -0.3 is 19.7 Å². The van der Waals surface area contributed by atoms with E-state index in [1.54, 1.807) is 6.07 Å². The van der Waals surface area contributed by atoms with E-state index in [1.165, 1.54) is 0 Å². The predicted molar refractivity (Wildman–Crippen MR) is 75.8 cm³/mol. The third kappa shape index (κ3) is 4.52. The van der Waals surface area contributed by atoms with Crippen molar-refractivity contribution >= 4 is 5.91 Å². The second-order valence-electron chi connectivity index (χ2n) is 5.57. The highest BCUT2D eigenvalue weighted by Gasteiger charge is 2.20. The van der Waals surface area contributed by atoms with E-state index in [-0.39, 0.29) is 30.2 Å². The van der Waals surface area contributed by atoms with Gasteiger partial charge in [0.25, 0.3) is 5.91 Å². The van der Waals surface area contributed by atoms with Gasteiger partial charge in [0.1, 0.15) is 0 Å². The molecule has 1 amide bonds. The zero-order valence-electron chi connectivity index (χ0n) is 12.5. The fourth-order valence-electron chi connectivity index (χ4n) is 2.14. The van der Waals surface area contributed by atoms with Crippen molar-refractivity contribution < 1.29 is 19.2 Å². The molecule has 1 atom stereocenters. The molecule has 1 aliphatic heterocycles. The maximum atomic E-state index is 12.0. The summed E-state index contributed by atoms with van der Waals surface area (Å²) in [6, 6.07) is 1.37. The van der Waals surface area contributed by atoms with E-state index >= 15 is 0 Å². The quantitative estimate of drug-likeness (QED) is 0.783. The second-order valence-corrected chi connectivity index (χ2v) is 5.57. The number of amides is 1. The summed E-state index contributed by atoms with van der Waals surface area (Å²) in [7, 11) is 0. The Bertz CT molecular complexity index is 455. The van der Waals surface area contributed by atoms with Crippen LogP contribution in [0.3, 0.4) is 0 Å². The summed E-state index contributed by atoms with van der Waals surface area (Å²) >= 11 is 0. The van der Waals surface area contributed by atoms with E-state index in [0.29, 0.717) is 25.5 Å². The van der Waals surface area contributed by atoms with Crippen LogP contribution in [0.1, 0.15) is 30.1 Å². The van der Waals surface area contributed by atoms with E-state index in [2.05, 4.69) is 15.4 Å². The van der Waals surface area contributed by atoms with Gasteiger partial charge in [0.2, 0.25) is 0 Å². The van der Waals surface area contributed by atoms with E-state index in [9.17, 15) is 9.90 Å². The number of carbonyl (C=O) groups excluding carboxylic acids is 1. The lowest BCUT2D eigenvalue weighted by atomic mass is 10.1. The van der Waals surface area contributed by atoms with Crippen LogP contribution in [0, 0.1) is 5.92 Å². The van der Waals surface area contributed by atoms with Crippen molar-refractivity contribution in [1.82, 2.24) is 15.4 Å². The van der Waals surface area contributed by atoms with Gasteiger partial charge >= 0.3 is 0 Å². The van der Waals surface area contributed by atoms with Gasteiger partial charge in [0.05, 0.1) is 32.4 Å². The van der Waals surface area contributed by atoms with Crippen LogP contribution in [0.25, 0.3) is 0 Å². The van der Waals surface area contributed by atoms with Crippen LogP contribution in [-0.4, -0.2) is 60.0 Å². The summed E-state index contributed by atoms with van der Waals surface area (Å²) in [4.78, 5) is 14.2. The number of hydrogen-bond donors (Lipinski definition) is 2. The van der Waals surface area contributed by atoms with Gasteiger partial charge in [-0.2, -0.15) is 0 Å². The molecular weight excluding hydrogens is 274 g/mol. The van der Waals surface area contributed by atoms with Crippen molar-refractivity contribution in [3.05, 3.63) is 17.5 Å². The number of ether oxygens (including phenoxy) is 1. The topological polar surface area (TPSA) is 87.8 Å². The average Bonchev–Trinajstić information content (AvgIpc) is 2.94. The molecule has 1 aromatic heterocycles. The molecule has 21 heavy (non-hydrogen) atoms. The molecule has 0 aromatic carbocycles. The SMILES string of the molecule is CC(C)[C@@H](CO)NC(=O)c1cc(CN2CCOCC2)on1. The number of aromatic nitrogens is 1. The number of aliphatic hydroxyl groups excluding tert-OH is 1. The first-order chi connectivity index (χ1) is 10.1. The molecule has 7 nitrogen and oxygen atoms in total. The Morgan fingerprint density at radius 3 is 2.81 bits per heavy atom. The van der Waals surface area contributed by atoms with Gasteiger partial charge in [-0.1, -0.05) is 19.0 Å². The molecule has 2 rings (SSSR count). The Hall–Kier alpha value is -1.44. The Morgan fingerprint density at radius 2 is 2.19 bits per heavy atom. The minimum atomic E-state index is -0.320. The Labute approximate surface area is 124 Å². The minimum absolute atomic E-state index is 0.0953. The van der Waals surface area contributed by atoms with Gasteiger partial charge in [-0.05, 0) is 5.92 Å². The normalized spacial score (nSPS) is 17.9. The fourth-order valence-corrected chi connectivity index (χ4v) is 2.14. The molecule has 0 radical (unpaired) electrons. The Morgan fingerprint density at radius 1 is 1.48 bits per heavy atom. The summed E-state index contributed by atoms with van der Waals surface area (Å²) in [6.07, 6.45) is 0. The maximum Gasteiger partial charge on any atom is 0.273 e. The number of nitrogens with one attached hydrogen (secondary N) is 1. The first kappa shape index (κ1) is 15.9. The lowest BCUT2D eigenvalue weighted by Gasteiger charge is -2.25. The van der Waals surface area contributed by atoms with Crippen LogP contribution in [0.15, 0.2) is 10.6 Å². The van der Waals surface area contributed by atoms with Gasteiger partial charge in [-0.15, -0.1) is 0 Å². The average molecular weight is 297 g/mol. The van der Waals surface area contributed by atoms with Gasteiger partial charge in [0.15, 0.2) is 11.5 Å². The molecule has 0 spiro atoms. The van der Waals surface area contributed by atoms with Crippen molar-refractivity contribution in [2.75, 3.05) is 32.9 Å². The zero-order chi connectivity index (χ0) is 15.2. The molecule has 1 aromatic rings. The highest BCUT2D eigenvalue weighted by Crippen LogP contribution is 2.10. The van der Waals surface area contributed by atoms with Crippen LogP contribution in [0.5, 0.6) is 0 Å². The Kier molecular flexibility index (Phi) is 5.72. The molecule has 1 fully saturated rings. The van der Waals surface area contributed by atoms with Crippen LogP contribution in [0.4, 0.5) is 0 Å². The van der Waals surface area contributed by atoms with Gasteiger partial charge in [-0.3, -0.25) is 9.69 Å². The number of aliphatic hydroxyl groups is 1. The fraction of sp³-hybridized carbons (Fsp3) is 0.714. The summed E-state index contributed by atoms with van der Waals surface area (Å²) in [5.41, 5.74) is 0.248. The van der Waals surface area contributed by atoms with Crippen molar-refractivity contribution in [1.29, 1.82) is 0 Å². The summed E-state index contributed by atoms with van der Waals surface area (Å²) < 4.78 is 10.5. The highest BCUT2D eigenvalue weighted by atomic mass is 16.5. The minimum Gasteiger partial charge on any atom is -0.394 e. The standard InChI is InChI=1S/C14H23N3O4/c1-10(2)13(9-18)15-14(19)12-7-11(21-16-12)8-17-3-5-20-6-4-17/h7,10,13,18H,3-6,8-9H2,1-2H3,(H,15,19)/t13-/m1/s1. The van der Waals surface area contributed by atoms with E-state index < -0.39 is 0 Å². The maximum absolute atomic E-state index is 12.0. The molecule has 0 unspecified atom stereocenters. The molecule has 1 aliphatic rings. The number of nitrogens with zero attached hydrogens (tertiary/aromatic N) is 2. The zero-order valence-corrected chi connectivity index (χ0v) is 12.5. The van der Waals surface area contributed by atoms with Crippen LogP contribution in [0.2, 0.25) is 0 Å². The van der Waals surface area contributed by atoms with Crippen LogP contribution in [-0.2, 0) is 11.3 Å². The predicted octanol–water partition coefficient (Wildman–Crippen LogP) is 0.254. The van der Waals surface area contributed by atoms with Gasteiger partial charge in [-0.25, -0.2) is 0 Å². The second kappa shape index (κ2) is 7.53. The summed E-state index contributed by atoms with van der Waals surface area (Å²) in [5, 5.41) is 15.8. The van der Waals surface area contributed by atoms with Crippen molar-refractivity contribution in [3.8, 4) is 0 Å². The molecule has 1 saturated heterocycles. The lowest BCUT2D eigenvalue weighted by molar-refractivity contribution is 0.0305. The number of rotatable bonds is 6. The summed E-state index contributed by atoms with van der Waals surface area (Å²) in [5.74, 6) is 0.491. The largest absolute Gasteiger partial charge is 0.394 e.